The highest BCUT2D eigenvalue weighted by molar-refractivity contribution is 7.12. The lowest BCUT2D eigenvalue weighted by molar-refractivity contribution is 0.103. The van der Waals surface area contributed by atoms with Gasteiger partial charge in [-0.2, -0.15) is 5.10 Å². The van der Waals surface area contributed by atoms with E-state index in [1.807, 2.05) is 30.4 Å². The Kier molecular flexibility index (Phi) is 3.84. The molecular weight excluding hydrogens is 300 g/mol. The van der Waals surface area contributed by atoms with Gasteiger partial charge < -0.3 is 10.2 Å². The number of rotatable bonds is 4. The molecule has 0 aromatic carbocycles. The van der Waals surface area contributed by atoms with Crippen LogP contribution in [0.1, 0.15) is 9.67 Å². The van der Waals surface area contributed by atoms with E-state index in [1.165, 1.54) is 17.7 Å². The molecule has 1 amide bonds. The van der Waals surface area contributed by atoms with Crippen LogP contribution in [0, 0.1) is 0 Å². The van der Waals surface area contributed by atoms with Crippen molar-refractivity contribution >= 4 is 28.6 Å². The summed E-state index contributed by atoms with van der Waals surface area (Å²) in [6, 6.07) is 3.62. The number of hydrogen-bond acceptors (Lipinski definition) is 6. The van der Waals surface area contributed by atoms with Gasteiger partial charge in [0.15, 0.2) is 5.82 Å². The molecule has 8 heteroatoms. The molecule has 112 valence electrons. The molecule has 0 radical (unpaired) electrons. The van der Waals surface area contributed by atoms with Crippen LogP contribution in [-0.4, -0.2) is 39.8 Å². The molecule has 7 nitrogen and oxygen atoms in total. The monoisotopic (exact) mass is 314 g/mol. The fourth-order valence-corrected chi connectivity index (χ4v) is 2.53. The molecular formula is C14H14N6OS. The van der Waals surface area contributed by atoms with Gasteiger partial charge >= 0.3 is 0 Å². The Morgan fingerprint density at radius 2 is 2.23 bits per heavy atom. The van der Waals surface area contributed by atoms with Crippen molar-refractivity contribution < 1.29 is 4.79 Å². The van der Waals surface area contributed by atoms with Gasteiger partial charge in [0.1, 0.15) is 12.0 Å². The molecule has 0 atom stereocenters. The van der Waals surface area contributed by atoms with Crippen molar-refractivity contribution in [1.82, 2.24) is 19.7 Å². The first-order valence-corrected chi connectivity index (χ1v) is 7.40. The molecule has 0 saturated carbocycles. The third-order valence-electron chi connectivity index (χ3n) is 2.96. The molecule has 3 aromatic rings. The maximum atomic E-state index is 12.0. The third kappa shape index (κ3) is 2.82. The standard InChI is InChI=1S/C14H14N6OS/c1-19(2)11-7-15-9-16-13(11)20-8-10(6-17-20)18-14(21)12-4-3-5-22-12/h3-9H,1-2H3,(H,18,21). The first-order chi connectivity index (χ1) is 10.6. The van der Waals surface area contributed by atoms with Crippen molar-refractivity contribution in [2.45, 2.75) is 0 Å². The summed E-state index contributed by atoms with van der Waals surface area (Å²) in [6.07, 6.45) is 6.50. The number of carbonyl (C=O) groups is 1. The SMILES string of the molecule is CN(C)c1cncnc1-n1cc(NC(=O)c2cccs2)cn1. The Hall–Kier alpha value is -2.74. The van der Waals surface area contributed by atoms with Gasteiger partial charge in [-0.25, -0.2) is 14.6 Å². The summed E-state index contributed by atoms with van der Waals surface area (Å²) in [4.78, 5) is 22.9. The molecule has 0 bridgehead atoms. The number of aromatic nitrogens is 4. The average Bonchev–Trinajstić information content (AvgIpc) is 3.18. The second-order valence-electron chi connectivity index (χ2n) is 4.73. The Balaban J connectivity index is 1.84. The third-order valence-corrected chi connectivity index (χ3v) is 3.83. The summed E-state index contributed by atoms with van der Waals surface area (Å²) >= 11 is 1.39. The normalized spacial score (nSPS) is 10.5. The van der Waals surface area contributed by atoms with Crippen LogP contribution in [0.25, 0.3) is 5.82 Å². The summed E-state index contributed by atoms with van der Waals surface area (Å²) in [6.45, 7) is 0. The molecule has 0 spiro atoms. The lowest BCUT2D eigenvalue weighted by atomic mass is 10.4. The van der Waals surface area contributed by atoms with E-state index in [9.17, 15) is 4.79 Å². The predicted molar refractivity (Wildman–Crippen MR) is 85.8 cm³/mol. The molecule has 0 aliphatic heterocycles. The second kappa shape index (κ2) is 5.94. The molecule has 22 heavy (non-hydrogen) atoms. The van der Waals surface area contributed by atoms with Crippen LogP contribution < -0.4 is 10.2 Å². The fourth-order valence-electron chi connectivity index (χ4n) is 1.91. The first kappa shape index (κ1) is 14.2. The van der Waals surface area contributed by atoms with Crippen LogP contribution in [0.4, 0.5) is 11.4 Å². The predicted octanol–water partition coefficient (Wildman–Crippen LogP) is 2.04. The molecule has 3 heterocycles. The zero-order chi connectivity index (χ0) is 15.5. The zero-order valence-electron chi connectivity index (χ0n) is 12.1. The Morgan fingerprint density at radius 1 is 1.36 bits per heavy atom. The van der Waals surface area contributed by atoms with Gasteiger partial charge in [0.05, 0.1) is 29.2 Å². The maximum Gasteiger partial charge on any atom is 0.265 e. The number of thiophene rings is 1. The summed E-state index contributed by atoms with van der Waals surface area (Å²) in [7, 11) is 3.82. The number of amides is 1. The minimum Gasteiger partial charge on any atom is -0.373 e. The van der Waals surface area contributed by atoms with Crippen LogP contribution in [-0.2, 0) is 0 Å². The van der Waals surface area contributed by atoms with E-state index >= 15 is 0 Å². The summed E-state index contributed by atoms with van der Waals surface area (Å²) in [5.41, 5.74) is 1.45. The van der Waals surface area contributed by atoms with E-state index in [4.69, 9.17) is 0 Å². The number of nitrogens with zero attached hydrogens (tertiary/aromatic N) is 5. The average molecular weight is 314 g/mol. The van der Waals surface area contributed by atoms with Crippen molar-refractivity contribution in [2.24, 2.45) is 0 Å². The first-order valence-electron chi connectivity index (χ1n) is 6.52. The molecule has 0 aliphatic rings. The summed E-state index contributed by atoms with van der Waals surface area (Å²) in [5, 5.41) is 8.93. The van der Waals surface area contributed by atoms with E-state index in [-0.39, 0.29) is 5.91 Å². The topological polar surface area (TPSA) is 75.9 Å². The van der Waals surface area contributed by atoms with Gasteiger partial charge in [-0.1, -0.05) is 6.07 Å². The number of anilines is 2. The van der Waals surface area contributed by atoms with E-state index in [2.05, 4.69) is 20.4 Å². The quantitative estimate of drug-likeness (QED) is 0.797. The summed E-state index contributed by atoms with van der Waals surface area (Å²) in [5.74, 6) is 0.502. The molecule has 0 saturated heterocycles. The molecule has 1 N–H and O–H groups in total. The van der Waals surface area contributed by atoms with Crippen LogP contribution in [0.3, 0.4) is 0 Å². The van der Waals surface area contributed by atoms with E-state index < -0.39 is 0 Å². The molecule has 0 unspecified atom stereocenters. The van der Waals surface area contributed by atoms with Crippen LogP contribution in [0.5, 0.6) is 0 Å². The van der Waals surface area contributed by atoms with Crippen LogP contribution >= 0.6 is 11.3 Å². The van der Waals surface area contributed by atoms with Crippen molar-refractivity contribution in [1.29, 1.82) is 0 Å². The summed E-state index contributed by atoms with van der Waals surface area (Å²) < 4.78 is 1.61. The lowest BCUT2D eigenvalue weighted by Crippen LogP contribution is -2.14. The second-order valence-corrected chi connectivity index (χ2v) is 5.68. The molecule has 3 rings (SSSR count). The van der Waals surface area contributed by atoms with Crippen molar-refractivity contribution in [3.63, 3.8) is 0 Å². The van der Waals surface area contributed by atoms with E-state index in [1.54, 1.807) is 29.3 Å². The van der Waals surface area contributed by atoms with Gasteiger partial charge in [-0.05, 0) is 11.4 Å². The number of nitrogens with one attached hydrogen (secondary N) is 1. The smallest absolute Gasteiger partial charge is 0.265 e. The Labute approximate surface area is 131 Å². The number of carbonyl (C=O) groups excluding carboxylic acids is 1. The highest BCUT2D eigenvalue weighted by atomic mass is 32.1. The minimum absolute atomic E-state index is 0.148. The van der Waals surface area contributed by atoms with Gasteiger partial charge in [0, 0.05) is 14.1 Å². The fraction of sp³-hybridized carbons (Fsp3) is 0.143. The molecule has 3 aromatic heterocycles. The van der Waals surface area contributed by atoms with Crippen molar-refractivity contribution in [2.75, 3.05) is 24.3 Å². The van der Waals surface area contributed by atoms with E-state index in [0.717, 1.165) is 5.69 Å². The minimum atomic E-state index is -0.148. The highest BCUT2D eigenvalue weighted by Gasteiger charge is 2.12. The van der Waals surface area contributed by atoms with Crippen LogP contribution in [0.15, 0.2) is 42.4 Å². The zero-order valence-corrected chi connectivity index (χ0v) is 12.9. The van der Waals surface area contributed by atoms with Crippen molar-refractivity contribution in [3.8, 4) is 5.82 Å². The Bertz CT molecular complexity index is 780. The van der Waals surface area contributed by atoms with Gasteiger partial charge in [-0.15, -0.1) is 11.3 Å². The molecule has 0 fully saturated rings. The van der Waals surface area contributed by atoms with Gasteiger partial charge in [0.25, 0.3) is 5.91 Å². The highest BCUT2D eigenvalue weighted by Crippen LogP contribution is 2.20. The molecule has 0 aliphatic carbocycles. The van der Waals surface area contributed by atoms with Gasteiger partial charge in [-0.3, -0.25) is 4.79 Å². The van der Waals surface area contributed by atoms with E-state index in [0.29, 0.717) is 16.4 Å². The van der Waals surface area contributed by atoms with Crippen molar-refractivity contribution in [3.05, 3.63) is 47.3 Å². The number of hydrogen-bond donors (Lipinski definition) is 1. The lowest BCUT2D eigenvalue weighted by Gasteiger charge is -2.14. The Morgan fingerprint density at radius 3 is 2.95 bits per heavy atom. The van der Waals surface area contributed by atoms with Gasteiger partial charge in [0.2, 0.25) is 0 Å². The maximum absolute atomic E-state index is 12.0. The van der Waals surface area contributed by atoms with Crippen LogP contribution in [0.2, 0.25) is 0 Å². The largest absolute Gasteiger partial charge is 0.373 e.